The number of hydrogen-bond donors (Lipinski definition) is 0. The number of morpholine rings is 1. The van der Waals surface area contributed by atoms with Crippen LogP contribution in [0.25, 0.3) is 11.5 Å². The van der Waals surface area contributed by atoms with Crippen molar-refractivity contribution in [3.8, 4) is 11.5 Å². The van der Waals surface area contributed by atoms with Crippen LogP contribution in [-0.2, 0) is 16.8 Å². The number of aryl methyl sites for hydroxylation is 2. The van der Waals surface area contributed by atoms with Gasteiger partial charge in [-0.1, -0.05) is 29.4 Å². The molecule has 6 heteroatoms. The summed E-state index contributed by atoms with van der Waals surface area (Å²) in [7, 11) is 0. The molecule has 1 unspecified atom stereocenters. The van der Waals surface area contributed by atoms with Crippen LogP contribution in [0.5, 0.6) is 0 Å². The average molecular weight is 348 g/mol. The fourth-order valence-electron chi connectivity index (χ4n) is 4.09. The Hall–Kier alpha value is -2.73. The zero-order valence-corrected chi connectivity index (χ0v) is 14.7. The summed E-state index contributed by atoms with van der Waals surface area (Å²) in [5.74, 6) is 2.08. The predicted octanol–water partition coefficient (Wildman–Crippen LogP) is 3.12. The first-order valence-electron chi connectivity index (χ1n) is 8.98. The van der Waals surface area contributed by atoms with Crippen molar-refractivity contribution in [3.63, 3.8) is 0 Å². The molecule has 0 N–H and O–H groups in total. The second-order valence-corrected chi connectivity index (χ2v) is 6.97. The van der Waals surface area contributed by atoms with Gasteiger partial charge in [0.1, 0.15) is 11.4 Å². The van der Waals surface area contributed by atoms with Gasteiger partial charge in [0.15, 0.2) is 5.82 Å². The molecule has 3 heterocycles. The summed E-state index contributed by atoms with van der Waals surface area (Å²) < 4.78 is 11.6. The van der Waals surface area contributed by atoms with Crippen molar-refractivity contribution < 1.29 is 9.26 Å². The molecule has 6 nitrogen and oxygen atoms in total. The van der Waals surface area contributed by atoms with Crippen LogP contribution in [0.4, 0.5) is 5.82 Å². The molecule has 0 amide bonds. The molecule has 1 atom stereocenters. The number of benzene rings is 1. The summed E-state index contributed by atoms with van der Waals surface area (Å²) in [6.07, 6.45) is 3.89. The van der Waals surface area contributed by atoms with Crippen molar-refractivity contribution in [2.45, 2.75) is 25.4 Å². The van der Waals surface area contributed by atoms with E-state index in [9.17, 15) is 0 Å². The lowest BCUT2D eigenvalue weighted by Crippen LogP contribution is -2.49. The molecule has 1 aliphatic carbocycles. The van der Waals surface area contributed by atoms with E-state index in [1.165, 1.54) is 11.1 Å². The highest BCUT2D eigenvalue weighted by molar-refractivity contribution is 5.59. The van der Waals surface area contributed by atoms with Gasteiger partial charge in [0, 0.05) is 18.3 Å². The number of aromatic nitrogens is 3. The smallest absolute Gasteiger partial charge is 0.258 e. The third-order valence-corrected chi connectivity index (χ3v) is 5.34. The van der Waals surface area contributed by atoms with Crippen molar-refractivity contribution in [3.05, 3.63) is 59.5 Å². The summed E-state index contributed by atoms with van der Waals surface area (Å²) in [5, 5.41) is 3.88. The maximum absolute atomic E-state index is 6.31. The Labute approximate surface area is 151 Å². The first kappa shape index (κ1) is 15.5. The quantitative estimate of drug-likeness (QED) is 0.709. The van der Waals surface area contributed by atoms with Gasteiger partial charge in [-0.3, -0.25) is 0 Å². The molecule has 2 aromatic heterocycles. The van der Waals surface area contributed by atoms with Gasteiger partial charge in [-0.25, -0.2) is 4.98 Å². The van der Waals surface area contributed by atoms with Gasteiger partial charge in [-0.05, 0) is 43.0 Å². The van der Waals surface area contributed by atoms with Crippen LogP contribution in [0.15, 0.2) is 47.1 Å². The first-order valence-corrected chi connectivity index (χ1v) is 8.98. The average Bonchev–Trinajstić information content (AvgIpc) is 3.27. The summed E-state index contributed by atoms with van der Waals surface area (Å²) in [5.41, 5.74) is 3.39. The van der Waals surface area contributed by atoms with Crippen LogP contribution >= 0.6 is 0 Å². The standard InChI is InChI=1S/C20H20N4O2/c1-14-22-19(26-23-14)16-7-9-21-18(12-16)24-10-11-25-20(13-24)8-6-15-4-2-3-5-17(15)20/h2-5,7,9,12H,6,8,10-11,13H2,1H3. The zero-order valence-electron chi connectivity index (χ0n) is 14.7. The highest BCUT2D eigenvalue weighted by Crippen LogP contribution is 2.42. The number of anilines is 1. The molecule has 2 aliphatic rings. The van der Waals surface area contributed by atoms with Crippen molar-refractivity contribution >= 4 is 5.82 Å². The Kier molecular flexibility index (Phi) is 3.53. The van der Waals surface area contributed by atoms with Crippen molar-refractivity contribution in [1.82, 2.24) is 15.1 Å². The molecule has 0 radical (unpaired) electrons. The Morgan fingerprint density at radius 1 is 1.19 bits per heavy atom. The Morgan fingerprint density at radius 2 is 2.12 bits per heavy atom. The summed E-state index contributed by atoms with van der Waals surface area (Å²) in [6, 6.07) is 12.5. The van der Waals surface area contributed by atoms with Gasteiger partial charge < -0.3 is 14.2 Å². The molecule has 0 bridgehead atoms. The van der Waals surface area contributed by atoms with E-state index >= 15 is 0 Å². The fourth-order valence-corrected chi connectivity index (χ4v) is 4.09. The van der Waals surface area contributed by atoms with E-state index in [1.54, 1.807) is 6.20 Å². The minimum absolute atomic E-state index is 0.229. The molecular weight excluding hydrogens is 328 g/mol. The van der Waals surface area contributed by atoms with Crippen LogP contribution < -0.4 is 4.90 Å². The van der Waals surface area contributed by atoms with E-state index in [-0.39, 0.29) is 5.60 Å². The van der Waals surface area contributed by atoms with Gasteiger partial charge in [0.25, 0.3) is 5.89 Å². The van der Waals surface area contributed by atoms with Crippen LogP contribution in [0.2, 0.25) is 0 Å². The minimum Gasteiger partial charge on any atom is -0.367 e. The molecule has 5 rings (SSSR count). The number of hydrogen-bond acceptors (Lipinski definition) is 6. The highest BCUT2D eigenvalue weighted by atomic mass is 16.5. The van der Waals surface area contributed by atoms with E-state index in [4.69, 9.17) is 9.26 Å². The fraction of sp³-hybridized carbons (Fsp3) is 0.350. The Morgan fingerprint density at radius 3 is 3.00 bits per heavy atom. The van der Waals surface area contributed by atoms with Crippen LogP contribution in [0, 0.1) is 6.92 Å². The van der Waals surface area contributed by atoms with E-state index in [0.717, 1.165) is 37.3 Å². The van der Waals surface area contributed by atoms with Crippen molar-refractivity contribution in [1.29, 1.82) is 0 Å². The summed E-state index contributed by atoms with van der Waals surface area (Å²) in [6.45, 7) is 4.14. The van der Waals surface area contributed by atoms with E-state index in [1.807, 2.05) is 19.1 Å². The van der Waals surface area contributed by atoms with E-state index in [2.05, 4.69) is 44.3 Å². The molecule has 1 aromatic carbocycles. The van der Waals surface area contributed by atoms with Crippen LogP contribution in [0.3, 0.4) is 0 Å². The SMILES string of the molecule is Cc1noc(-c2ccnc(N3CCOC4(CCc5ccccc54)C3)c2)n1. The number of rotatable bonds is 2. The lowest BCUT2D eigenvalue weighted by atomic mass is 9.93. The zero-order chi connectivity index (χ0) is 17.6. The second kappa shape index (κ2) is 5.92. The summed E-state index contributed by atoms with van der Waals surface area (Å²) >= 11 is 0. The largest absolute Gasteiger partial charge is 0.367 e. The van der Waals surface area contributed by atoms with Crippen LogP contribution in [0.1, 0.15) is 23.4 Å². The number of pyridine rings is 1. The predicted molar refractivity (Wildman–Crippen MR) is 96.9 cm³/mol. The van der Waals surface area contributed by atoms with Gasteiger partial charge >= 0.3 is 0 Å². The maximum atomic E-state index is 6.31. The number of nitrogens with zero attached hydrogens (tertiary/aromatic N) is 4. The third kappa shape index (κ3) is 2.49. The van der Waals surface area contributed by atoms with E-state index in [0.29, 0.717) is 18.3 Å². The second-order valence-electron chi connectivity index (χ2n) is 6.97. The number of fused-ring (bicyclic) bond motifs is 2. The highest BCUT2D eigenvalue weighted by Gasteiger charge is 2.43. The summed E-state index contributed by atoms with van der Waals surface area (Å²) in [4.78, 5) is 11.2. The molecule has 132 valence electrons. The number of ether oxygens (including phenoxy) is 1. The maximum Gasteiger partial charge on any atom is 0.258 e. The van der Waals surface area contributed by atoms with Gasteiger partial charge in [-0.15, -0.1) is 0 Å². The first-order chi connectivity index (χ1) is 12.7. The lowest BCUT2D eigenvalue weighted by Gasteiger charge is -2.41. The van der Waals surface area contributed by atoms with Gasteiger partial charge in [0.05, 0.1) is 13.2 Å². The lowest BCUT2D eigenvalue weighted by molar-refractivity contribution is -0.0594. The monoisotopic (exact) mass is 348 g/mol. The molecule has 1 aliphatic heterocycles. The third-order valence-electron chi connectivity index (χ3n) is 5.34. The molecule has 1 fully saturated rings. The minimum atomic E-state index is -0.229. The van der Waals surface area contributed by atoms with Crippen molar-refractivity contribution in [2.24, 2.45) is 0 Å². The molecule has 26 heavy (non-hydrogen) atoms. The van der Waals surface area contributed by atoms with E-state index < -0.39 is 0 Å². The molecule has 0 saturated carbocycles. The molecule has 1 saturated heterocycles. The van der Waals surface area contributed by atoms with Gasteiger partial charge in [0.2, 0.25) is 0 Å². The molecule has 3 aromatic rings. The Bertz CT molecular complexity index is 950. The molecule has 1 spiro atoms. The van der Waals surface area contributed by atoms with Crippen LogP contribution in [-0.4, -0.2) is 34.8 Å². The van der Waals surface area contributed by atoms with Gasteiger partial charge in [-0.2, -0.15) is 4.98 Å². The van der Waals surface area contributed by atoms with Crippen molar-refractivity contribution in [2.75, 3.05) is 24.6 Å². The topological polar surface area (TPSA) is 64.3 Å². The normalized spacial score (nSPS) is 22.0. The molecular formula is C20H20N4O2. The Balaban J connectivity index is 1.46.